The maximum atomic E-state index is 13.5. The van der Waals surface area contributed by atoms with E-state index in [1.165, 1.54) is 47.8 Å². The van der Waals surface area contributed by atoms with E-state index in [1.54, 1.807) is 18.2 Å². The molecule has 730 valence electrons. The Morgan fingerprint density at radius 3 is 0.903 bits per heavy atom. The topological polar surface area (TPSA) is 374 Å². The Hall–Kier alpha value is -17.4. The van der Waals surface area contributed by atoms with Crippen LogP contribution >= 0.6 is 0 Å². The van der Waals surface area contributed by atoms with E-state index in [1.807, 2.05) is 72.8 Å². The lowest BCUT2D eigenvalue weighted by Crippen LogP contribution is -2.62. The molecule has 5 unspecified atom stereocenters. The van der Waals surface area contributed by atoms with Crippen LogP contribution in [-0.2, 0) is 80.0 Å². The second kappa shape index (κ2) is 33.9. The van der Waals surface area contributed by atoms with Gasteiger partial charge in [-0.05, 0) is 146 Å². The SMILES string of the molecule is [2H]C([2H])([2H])N1CC(=O)N2C(c3ccc4c(c3)OCO4)c3[nH]c4ccccc4c3C[C@]2([2H])C1=O.[2H]c1c([2H])c(C2c3[nH]c4c([2H])c([2H])c([2H])c([2H])c4c3C[C@]3([2H])C(=O)N(C)CC(=O)N23)c([2H])c2c1OC([2H])([2H])O2.[2H]c1c([2H])c(C2c3[nH]c4c([2H])c([2H])c([2H])c([2H])c4c3C[C@]3([2H])C(=O)N(C)CC(=O)N23)c([2H])c2c1OCO2.[2H]c1c([2H])c(C2c3[nH]c4ccccc4c3C[C@]3([2H])C(=O)N(C)CC(=O)N23)c([2H])c2c1OC([2H])([2H])O2.[2H]c1c([2H])c(C2c3[nH]c4ccccc4c3C[C@]3([2H])C(=O)N(C)CC(=O)N23)c([2H])c2c1OCO2. The molecule has 35 nitrogen and oxygen atoms in total. The summed E-state index contributed by atoms with van der Waals surface area (Å²) in [5.74, 6) is -7.31. The van der Waals surface area contributed by atoms with Gasteiger partial charge in [-0.1, -0.05) is 121 Å². The fourth-order valence-corrected chi connectivity index (χ4v) is 21.3. The molecule has 145 heavy (non-hydrogen) atoms. The maximum absolute atomic E-state index is 13.5. The number of hydrogen-bond donors (Lipinski definition) is 5. The molecule has 10 amide bonds. The monoisotopic (exact) mass is 1980 g/mol. The van der Waals surface area contributed by atoms with Crippen LogP contribution in [0.5, 0.6) is 57.5 Å². The molecule has 0 spiro atoms. The molecule has 15 aliphatic rings. The van der Waals surface area contributed by atoms with Crippen molar-refractivity contribution < 1.29 is 139 Å². The average Bonchev–Trinajstić information content (AvgIpc) is 1.57. The minimum absolute atomic E-state index is 0.00184. The lowest BCUT2D eigenvalue weighted by Gasteiger charge is -2.46. The van der Waals surface area contributed by atoms with Gasteiger partial charge in [0.25, 0.3) is 0 Å². The number of para-hydroxylation sites is 5. The molecule has 35 heteroatoms. The number of piperazine rings is 5. The molecule has 5 N–H and O–H groups in total. The van der Waals surface area contributed by atoms with Gasteiger partial charge in [0.05, 0.1) is 97.2 Å². The zero-order valence-corrected chi connectivity index (χ0v) is 76.4. The third-order valence-electron chi connectivity index (χ3n) is 27.8. The largest absolute Gasteiger partial charge is 0.454 e. The number of ether oxygens (including phenoxy) is 10. The fourth-order valence-electron chi connectivity index (χ4n) is 21.3. The molecule has 0 saturated carbocycles. The summed E-state index contributed by atoms with van der Waals surface area (Å²) in [6.45, 7) is -10.4. The summed E-state index contributed by atoms with van der Waals surface area (Å²) < 4.78 is 323. The Labute approximate surface area is 871 Å². The van der Waals surface area contributed by atoms with Crippen molar-refractivity contribution in [1.82, 2.24) is 73.9 Å². The lowest BCUT2D eigenvalue weighted by molar-refractivity contribution is -0.157. The number of carbonyl (C=O) groups excluding carboxylic acids is 10. The van der Waals surface area contributed by atoms with Gasteiger partial charge in [-0.25, -0.2) is 0 Å². The van der Waals surface area contributed by atoms with Crippen molar-refractivity contribution in [2.24, 2.45) is 0 Å². The number of amides is 10. The highest BCUT2D eigenvalue weighted by atomic mass is 16.7. The third-order valence-corrected chi connectivity index (χ3v) is 27.8. The van der Waals surface area contributed by atoms with E-state index in [2.05, 4.69) is 24.9 Å². The molecule has 0 radical (unpaired) electrons. The first kappa shape index (κ1) is 60.0. The number of aromatic nitrogens is 5. The molecule has 5 aromatic heterocycles. The van der Waals surface area contributed by atoms with Crippen molar-refractivity contribution in [1.29, 1.82) is 0 Å². The summed E-state index contributed by atoms with van der Waals surface area (Å²) >= 11 is 0. The highest BCUT2D eigenvalue weighted by Gasteiger charge is 2.55. The van der Waals surface area contributed by atoms with Crippen LogP contribution in [0.25, 0.3) is 54.5 Å². The number of carbonyl (C=O) groups is 10. The van der Waals surface area contributed by atoms with E-state index < -0.39 is 255 Å². The number of H-pyrrole nitrogens is 5. The number of nitrogens with zero attached hydrogens (tertiary/aromatic N) is 10. The molecule has 10 atom stereocenters. The first-order valence-electron chi connectivity index (χ1n) is 61.5. The normalized spacial score (nSPS) is 29.3. The fraction of sp³-hybridized carbons (Fsp3) is 0.273. The molecule has 5 saturated heterocycles. The minimum atomic E-state index is -2.82. The van der Waals surface area contributed by atoms with Crippen LogP contribution < -0.4 is 47.4 Å². The molecule has 15 aliphatic heterocycles. The van der Waals surface area contributed by atoms with Crippen LogP contribution in [0.15, 0.2) is 212 Å². The van der Waals surface area contributed by atoms with E-state index in [9.17, 15) is 54.8 Å². The smallest absolute Gasteiger partial charge is 0.245 e. The van der Waals surface area contributed by atoms with E-state index >= 15 is 0 Å². The Kier molecular flexibility index (Phi) is 14.0. The summed E-state index contributed by atoms with van der Waals surface area (Å²) in [6, 6.07) is 1.64. The number of rotatable bonds is 5. The zero-order chi connectivity index (χ0) is 127. The minimum Gasteiger partial charge on any atom is -0.454 e. The number of nitrogens with one attached hydrogen (secondary N) is 5. The Morgan fingerprint density at radius 2 is 0.552 bits per heavy atom. The number of hydrogen-bond acceptors (Lipinski definition) is 20. The number of fused-ring (bicyclic) bond motifs is 25. The lowest BCUT2D eigenvalue weighted by atomic mass is 9.86. The van der Waals surface area contributed by atoms with Gasteiger partial charge in [0.2, 0.25) is 92.9 Å². The third kappa shape index (κ3) is 14.2. The quantitative estimate of drug-likeness (QED) is 0.107. The molecule has 20 heterocycles. The van der Waals surface area contributed by atoms with Crippen LogP contribution in [0.3, 0.4) is 0 Å². The van der Waals surface area contributed by atoms with E-state index in [-0.39, 0.29) is 203 Å². The highest BCUT2D eigenvalue weighted by molar-refractivity contribution is 6.03. The van der Waals surface area contributed by atoms with Gasteiger partial charge in [-0.2, -0.15) is 0 Å². The van der Waals surface area contributed by atoms with Gasteiger partial charge < -0.3 is 121 Å². The Balaban J connectivity index is 0.000000107. The van der Waals surface area contributed by atoms with Gasteiger partial charge >= 0.3 is 0 Å². The number of aromatic amines is 5. The molecule has 15 aromatic rings. The van der Waals surface area contributed by atoms with Gasteiger partial charge in [0.1, 0.15) is 35.6 Å². The average molecular weight is 1980 g/mol. The number of benzene rings is 10. The standard InChI is InChI=1S/5C22H19N3O4/c5*1-24-10-19(26)25-16(22(24)27)9-14-13-4-2-3-5-15(13)23-20(14)21(25)12-6-7-17-18(8-12)29-11-28-17/h5*2-8,16,21,23H,9-11H2,1H3/t5*16-,21?/m11111/s1/i2D,3D,4D,5D,6D,7D,8D,11D2,16D;2D,3D,4D,5D,6D,7D,8D,16D;6D,7D,8D,11D2,16D;6D,7D,8D,16D;1D3,16D. The second-order valence-corrected chi connectivity index (χ2v) is 36.0. The van der Waals surface area contributed by atoms with Gasteiger partial charge in [-0.3, -0.25) is 47.9 Å². The predicted octanol–water partition coefficient (Wildman–Crippen LogP) is 11.1. The van der Waals surface area contributed by atoms with Gasteiger partial charge in [0, 0.05) is 154 Å². The van der Waals surface area contributed by atoms with Crippen LogP contribution in [0.2, 0.25) is 0 Å². The zero-order valence-electron chi connectivity index (χ0n) is 108. The van der Waals surface area contributed by atoms with Crippen molar-refractivity contribution in [3.63, 3.8) is 0 Å². The summed E-state index contributed by atoms with van der Waals surface area (Å²) in [5.41, 5.74) is 6.40. The van der Waals surface area contributed by atoms with E-state index in [0.717, 1.165) is 51.7 Å². The number of likely N-dealkylation sites (N-methyl/N-ethyl adjacent to an activating group) is 5. The predicted molar refractivity (Wildman–Crippen MR) is 523 cm³/mol. The van der Waals surface area contributed by atoms with Gasteiger partial charge in [0.15, 0.2) is 57.5 Å². The summed E-state index contributed by atoms with van der Waals surface area (Å²) in [5, 5.41) is 2.45. The molecular formula is C110H95N15O20. The Morgan fingerprint density at radius 1 is 0.283 bits per heavy atom. The van der Waals surface area contributed by atoms with E-state index in [4.69, 9.17) is 84.4 Å². The van der Waals surface area contributed by atoms with Crippen LogP contribution in [0.1, 0.15) is 158 Å². The first-order chi connectivity index (χ1) is 83.4. The van der Waals surface area contributed by atoms with E-state index in [0.29, 0.717) is 61.3 Å². The van der Waals surface area contributed by atoms with Crippen LogP contribution in [0, 0.1) is 0 Å². The van der Waals surface area contributed by atoms with Crippen molar-refractivity contribution >= 4 is 114 Å². The van der Waals surface area contributed by atoms with Crippen molar-refractivity contribution in [2.45, 2.75) is 92.4 Å². The summed E-state index contributed by atoms with van der Waals surface area (Å²) in [6.07, 6.45) is -1.08. The summed E-state index contributed by atoms with van der Waals surface area (Å²) in [7, 11) is 5.66. The summed E-state index contributed by atoms with van der Waals surface area (Å²) in [4.78, 5) is 160. The molecule has 5 fully saturated rings. The van der Waals surface area contributed by atoms with Crippen LogP contribution in [0.4, 0.5) is 0 Å². The highest BCUT2D eigenvalue weighted by Crippen LogP contribution is 2.53. The molecular weight excluding hydrogens is 1850 g/mol. The van der Waals surface area contributed by atoms with Crippen LogP contribution in [-0.4, -0.2) is 265 Å². The second-order valence-electron chi connectivity index (χ2n) is 36.0. The van der Waals surface area contributed by atoms with Crippen molar-refractivity contribution in [2.75, 3.05) is 102 Å². The molecule has 0 aliphatic carbocycles. The molecule has 10 aromatic carbocycles. The first-order valence-corrected chi connectivity index (χ1v) is 45.5. The van der Waals surface area contributed by atoms with Crippen molar-refractivity contribution in [3.05, 3.63) is 296 Å². The maximum Gasteiger partial charge on any atom is 0.245 e. The van der Waals surface area contributed by atoms with Gasteiger partial charge in [-0.15, -0.1) is 0 Å². The molecule has 0 bridgehead atoms. The molecule has 30 rings (SSSR count). The Bertz CT molecular complexity index is 10000. The van der Waals surface area contributed by atoms with Crippen molar-refractivity contribution in [3.8, 4) is 57.5 Å².